The fourth-order valence-electron chi connectivity index (χ4n) is 1.22. The molecule has 82 valence electrons. The Kier molecular flexibility index (Phi) is 4.30. The third-order valence-electron chi connectivity index (χ3n) is 1.93. The summed E-state index contributed by atoms with van der Waals surface area (Å²) in [4.78, 5) is 0.963. The van der Waals surface area contributed by atoms with Gasteiger partial charge in [0.25, 0.3) is 0 Å². The minimum Gasteiger partial charge on any atom is -0.493 e. The molecule has 0 aromatic heterocycles. The van der Waals surface area contributed by atoms with E-state index in [1.54, 1.807) is 32.0 Å². The van der Waals surface area contributed by atoms with Crippen LogP contribution in [0, 0.1) is 0 Å². The molecule has 5 heteroatoms. The van der Waals surface area contributed by atoms with E-state index in [2.05, 4.69) is 5.16 Å². The molecule has 0 amide bonds. The molecule has 4 nitrogen and oxygen atoms in total. The van der Waals surface area contributed by atoms with Gasteiger partial charge in [0.2, 0.25) is 0 Å². The Bertz CT molecular complexity index is 366. The van der Waals surface area contributed by atoms with E-state index in [1.807, 2.05) is 12.3 Å². The fourth-order valence-corrected chi connectivity index (χ4v) is 1.79. The molecule has 0 saturated carbocycles. The molecule has 0 heterocycles. The lowest BCUT2D eigenvalue weighted by atomic mass is 10.2. The summed E-state index contributed by atoms with van der Waals surface area (Å²) >= 11 is 1.55. The van der Waals surface area contributed by atoms with Crippen molar-refractivity contribution in [1.82, 2.24) is 0 Å². The Balaban J connectivity index is 3.27. The summed E-state index contributed by atoms with van der Waals surface area (Å²) in [6.07, 6.45) is 3.31. The van der Waals surface area contributed by atoms with Crippen LogP contribution in [0.25, 0.3) is 0 Å². The third-order valence-corrected chi connectivity index (χ3v) is 2.73. The van der Waals surface area contributed by atoms with Gasteiger partial charge in [-0.05, 0) is 18.4 Å². The van der Waals surface area contributed by atoms with Crippen LogP contribution in [0.15, 0.2) is 22.2 Å². The maximum Gasteiger partial charge on any atom is 0.161 e. The number of ether oxygens (including phenoxy) is 2. The monoisotopic (exact) mass is 227 g/mol. The van der Waals surface area contributed by atoms with Gasteiger partial charge in [0, 0.05) is 10.5 Å². The Morgan fingerprint density at radius 3 is 2.33 bits per heavy atom. The fraction of sp³-hybridized carbons (Fsp3) is 0.300. The minimum absolute atomic E-state index is 0.616. The van der Waals surface area contributed by atoms with Crippen molar-refractivity contribution in [3.63, 3.8) is 0 Å². The molecule has 0 aliphatic carbocycles. The number of benzene rings is 1. The Morgan fingerprint density at radius 2 is 1.87 bits per heavy atom. The van der Waals surface area contributed by atoms with Crippen LogP contribution in [0.4, 0.5) is 0 Å². The first-order valence-electron chi connectivity index (χ1n) is 4.24. The van der Waals surface area contributed by atoms with Crippen LogP contribution >= 0.6 is 11.8 Å². The van der Waals surface area contributed by atoms with Crippen LogP contribution in [0.5, 0.6) is 11.5 Å². The molecule has 0 unspecified atom stereocenters. The van der Waals surface area contributed by atoms with Crippen molar-refractivity contribution < 1.29 is 14.7 Å². The zero-order chi connectivity index (χ0) is 11.3. The van der Waals surface area contributed by atoms with Gasteiger partial charge in [0.15, 0.2) is 11.5 Å². The highest BCUT2D eigenvalue weighted by molar-refractivity contribution is 7.98. The zero-order valence-electron chi connectivity index (χ0n) is 8.85. The Hall–Kier alpha value is -1.36. The lowest BCUT2D eigenvalue weighted by Gasteiger charge is -2.10. The maximum atomic E-state index is 8.52. The number of nitrogens with zero attached hydrogens (tertiary/aromatic N) is 1. The second-order valence-corrected chi connectivity index (χ2v) is 3.54. The van der Waals surface area contributed by atoms with E-state index in [0.29, 0.717) is 11.5 Å². The zero-order valence-corrected chi connectivity index (χ0v) is 9.67. The maximum absolute atomic E-state index is 8.52. The summed E-state index contributed by atoms with van der Waals surface area (Å²) in [5, 5.41) is 11.5. The summed E-state index contributed by atoms with van der Waals surface area (Å²) in [6, 6.07) is 3.62. The van der Waals surface area contributed by atoms with Gasteiger partial charge < -0.3 is 14.7 Å². The van der Waals surface area contributed by atoms with Crippen LogP contribution in [0.1, 0.15) is 5.56 Å². The highest BCUT2D eigenvalue weighted by Crippen LogP contribution is 2.33. The van der Waals surface area contributed by atoms with Crippen molar-refractivity contribution in [2.75, 3.05) is 20.5 Å². The predicted molar refractivity (Wildman–Crippen MR) is 60.7 cm³/mol. The van der Waals surface area contributed by atoms with E-state index in [9.17, 15) is 0 Å². The summed E-state index contributed by atoms with van der Waals surface area (Å²) < 4.78 is 10.3. The normalized spacial score (nSPS) is 10.6. The molecule has 1 rings (SSSR count). The van der Waals surface area contributed by atoms with Gasteiger partial charge in [-0.15, -0.1) is 11.8 Å². The van der Waals surface area contributed by atoms with Gasteiger partial charge in [0.05, 0.1) is 20.4 Å². The lowest BCUT2D eigenvalue weighted by molar-refractivity contribution is 0.321. The third kappa shape index (κ3) is 2.56. The molecule has 1 N–H and O–H groups in total. The molecular formula is C10H13NO3S. The van der Waals surface area contributed by atoms with Crippen molar-refractivity contribution in [1.29, 1.82) is 0 Å². The SMILES string of the molecule is COc1cc(C=NO)c(SC)cc1OC. The number of hydrogen-bond donors (Lipinski definition) is 1. The van der Waals surface area contributed by atoms with Crippen molar-refractivity contribution in [3.8, 4) is 11.5 Å². The number of thioether (sulfide) groups is 1. The first kappa shape index (κ1) is 11.7. The van der Waals surface area contributed by atoms with E-state index < -0.39 is 0 Å². The van der Waals surface area contributed by atoms with E-state index in [1.165, 1.54) is 6.21 Å². The summed E-state index contributed by atoms with van der Waals surface area (Å²) in [6.45, 7) is 0. The predicted octanol–water partition coefficient (Wildman–Crippen LogP) is 2.23. The largest absolute Gasteiger partial charge is 0.493 e. The van der Waals surface area contributed by atoms with Gasteiger partial charge in [-0.1, -0.05) is 5.16 Å². The second-order valence-electron chi connectivity index (χ2n) is 2.69. The minimum atomic E-state index is 0.616. The molecule has 0 aliphatic rings. The van der Waals surface area contributed by atoms with E-state index in [-0.39, 0.29) is 0 Å². The molecule has 0 fully saturated rings. The second kappa shape index (κ2) is 5.50. The number of hydrogen-bond acceptors (Lipinski definition) is 5. The van der Waals surface area contributed by atoms with Gasteiger partial charge in [-0.3, -0.25) is 0 Å². The van der Waals surface area contributed by atoms with Gasteiger partial charge in [-0.25, -0.2) is 0 Å². The van der Waals surface area contributed by atoms with Crippen molar-refractivity contribution in [2.45, 2.75) is 4.90 Å². The van der Waals surface area contributed by atoms with Crippen LogP contribution in [-0.4, -0.2) is 31.9 Å². The van der Waals surface area contributed by atoms with Gasteiger partial charge in [0.1, 0.15) is 0 Å². The Labute approximate surface area is 92.9 Å². The van der Waals surface area contributed by atoms with Crippen LogP contribution < -0.4 is 9.47 Å². The molecule has 15 heavy (non-hydrogen) atoms. The van der Waals surface area contributed by atoms with Crippen LogP contribution in [-0.2, 0) is 0 Å². The van der Waals surface area contributed by atoms with Crippen molar-refractivity contribution in [3.05, 3.63) is 17.7 Å². The van der Waals surface area contributed by atoms with Gasteiger partial charge >= 0.3 is 0 Å². The summed E-state index contributed by atoms with van der Waals surface area (Å²) in [5.41, 5.74) is 0.794. The van der Waals surface area contributed by atoms with Crippen LogP contribution in [0.2, 0.25) is 0 Å². The van der Waals surface area contributed by atoms with E-state index in [0.717, 1.165) is 10.5 Å². The topological polar surface area (TPSA) is 51.0 Å². The van der Waals surface area contributed by atoms with E-state index in [4.69, 9.17) is 14.7 Å². The van der Waals surface area contributed by atoms with E-state index >= 15 is 0 Å². The smallest absolute Gasteiger partial charge is 0.161 e. The summed E-state index contributed by atoms with van der Waals surface area (Å²) in [7, 11) is 3.15. The lowest BCUT2D eigenvalue weighted by Crippen LogP contribution is -1.94. The summed E-state index contributed by atoms with van der Waals surface area (Å²) in [5.74, 6) is 1.28. The highest BCUT2D eigenvalue weighted by atomic mass is 32.2. The molecule has 0 atom stereocenters. The number of oxime groups is 1. The van der Waals surface area contributed by atoms with Crippen molar-refractivity contribution >= 4 is 18.0 Å². The molecule has 0 aliphatic heterocycles. The Morgan fingerprint density at radius 1 is 1.27 bits per heavy atom. The first-order valence-corrected chi connectivity index (χ1v) is 5.46. The van der Waals surface area contributed by atoms with Gasteiger partial charge in [-0.2, -0.15) is 0 Å². The first-order chi connectivity index (χ1) is 7.26. The van der Waals surface area contributed by atoms with Crippen LogP contribution in [0.3, 0.4) is 0 Å². The molecule has 0 saturated heterocycles. The average molecular weight is 227 g/mol. The van der Waals surface area contributed by atoms with Crippen molar-refractivity contribution in [2.24, 2.45) is 5.16 Å². The molecule has 1 aromatic carbocycles. The number of methoxy groups -OCH3 is 2. The molecule has 0 spiro atoms. The quantitative estimate of drug-likeness (QED) is 0.371. The molecular weight excluding hydrogens is 214 g/mol. The molecule has 0 radical (unpaired) electrons. The standard InChI is InChI=1S/C10H13NO3S/c1-13-8-4-7(6-11-12)10(15-3)5-9(8)14-2/h4-6,12H,1-3H3. The average Bonchev–Trinajstić information content (AvgIpc) is 2.28. The highest BCUT2D eigenvalue weighted by Gasteiger charge is 2.09. The molecule has 1 aromatic rings. The number of rotatable bonds is 4. The molecule has 0 bridgehead atoms.